The zero-order chi connectivity index (χ0) is 21.7. The SMILES string of the molecule is COc1ccc2c(c1)N(C)CCn1c-2c(C2CCCC[C@@H]2F)c2ccc(C(=O)O)cc21. The second-order valence-corrected chi connectivity index (χ2v) is 8.66. The number of methoxy groups -OCH3 is 1. The van der Waals surface area contributed by atoms with Gasteiger partial charge in [-0.2, -0.15) is 0 Å². The number of nitrogens with zero attached hydrogens (tertiary/aromatic N) is 2. The lowest BCUT2D eigenvalue weighted by atomic mass is 9.80. The van der Waals surface area contributed by atoms with Crippen molar-refractivity contribution >= 4 is 22.6 Å². The highest BCUT2D eigenvalue weighted by atomic mass is 19.1. The molecule has 1 N–H and O–H groups in total. The van der Waals surface area contributed by atoms with E-state index in [-0.39, 0.29) is 11.5 Å². The standard InChI is InChI=1S/C25H27FN2O3/c1-27-11-12-28-22-13-15(25(29)30)7-9-18(22)23(17-5-3-4-6-20(17)26)24(28)19-10-8-16(31-2)14-21(19)27/h7-10,13-14,17,20H,3-6,11-12H2,1-2H3,(H,29,30)/t17?,20-/m0/s1. The number of carboxylic acid groups (broad SMARTS) is 1. The molecule has 0 spiro atoms. The second kappa shape index (κ2) is 7.59. The number of aromatic carboxylic acids is 1. The first-order valence-electron chi connectivity index (χ1n) is 10.9. The van der Waals surface area contributed by atoms with E-state index in [1.807, 2.05) is 25.2 Å². The number of aromatic nitrogens is 1. The van der Waals surface area contributed by atoms with E-state index in [4.69, 9.17) is 4.74 Å². The molecule has 1 aliphatic carbocycles. The van der Waals surface area contributed by atoms with Crippen LogP contribution in [0.25, 0.3) is 22.2 Å². The van der Waals surface area contributed by atoms with Gasteiger partial charge < -0.3 is 19.3 Å². The van der Waals surface area contributed by atoms with Crippen molar-refractivity contribution in [1.82, 2.24) is 4.57 Å². The number of halogens is 1. The molecule has 1 saturated carbocycles. The van der Waals surface area contributed by atoms with E-state index in [0.29, 0.717) is 13.0 Å². The average molecular weight is 423 g/mol. The summed E-state index contributed by atoms with van der Waals surface area (Å²) < 4.78 is 22.9. The van der Waals surface area contributed by atoms with Crippen molar-refractivity contribution in [2.24, 2.45) is 0 Å². The predicted octanol–water partition coefficient (Wildman–Crippen LogP) is 5.46. The van der Waals surface area contributed by atoms with E-state index in [1.54, 1.807) is 19.2 Å². The zero-order valence-corrected chi connectivity index (χ0v) is 17.9. The van der Waals surface area contributed by atoms with Crippen molar-refractivity contribution < 1.29 is 19.0 Å². The molecular formula is C25H27FN2O3. The fraction of sp³-hybridized carbons (Fsp3) is 0.400. The number of alkyl halides is 1. The van der Waals surface area contributed by atoms with E-state index < -0.39 is 12.1 Å². The Morgan fingerprint density at radius 1 is 1.13 bits per heavy atom. The van der Waals surface area contributed by atoms with Crippen molar-refractivity contribution in [3.63, 3.8) is 0 Å². The summed E-state index contributed by atoms with van der Waals surface area (Å²) in [5.41, 5.74) is 5.27. The van der Waals surface area contributed by atoms with Gasteiger partial charge in [0.1, 0.15) is 11.9 Å². The first-order valence-corrected chi connectivity index (χ1v) is 10.9. The minimum atomic E-state index is -0.948. The van der Waals surface area contributed by atoms with E-state index in [2.05, 4.69) is 15.5 Å². The molecule has 6 heteroatoms. The van der Waals surface area contributed by atoms with Crippen LogP contribution in [0.2, 0.25) is 0 Å². The summed E-state index contributed by atoms with van der Waals surface area (Å²) in [7, 11) is 3.71. The molecule has 162 valence electrons. The number of ether oxygens (including phenoxy) is 1. The second-order valence-electron chi connectivity index (χ2n) is 8.66. The van der Waals surface area contributed by atoms with Crippen LogP contribution in [0.4, 0.5) is 10.1 Å². The van der Waals surface area contributed by atoms with Gasteiger partial charge in [0, 0.05) is 54.3 Å². The molecule has 5 nitrogen and oxygen atoms in total. The van der Waals surface area contributed by atoms with Crippen LogP contribution in [0.1, 0.15) is 47.5 Å². The van der Waals surface area contributed by atoms with Gasteiger partial charge in [-0.3, -0.25) is 0 Å². The first-order chi connectivity index (χ1) is 15.0. The van der Waals surface area contributed by atoms with Gasteiger partial charge in [0.05, 0.1) is 18.4 Å². The third kappa shape index (κ3) is 3.16. The number of carboxylic acids is 1. The molecular weight excluding hydrogens is 395 g/mol. The molecule has 2 heterocycles. The summed E-state index contributed by atoms with van der Waals surface area (Å²) >= 11 is 0. The number of likely N-dealkylation sites (N-methyl/N-ethyl adjacent to an activating group) is 1. The summed E-state index contributed by atoms with van der Waals surface area (Å²) in [5, 5.41) is 10.5. The summed E-state index contributed by atoms with van der Waals surface area (Å²) in [6, 6.07) is 11.3. The largest absolute Gasteiger partial charge is 0.497 e. The van der Waals surface area contributed by atoms with Gasteiger partial charge in [0.15, 0.2) is 0 Å². The van der Waals surface area contributed by atoms with Gasteiger partial charge in [-0.05, 0) is 42.7 Å². The van der Waals surface area contributed by atoms with Gasteiger partial charge in [-0.25, -0.2) is 9.18 Å². The van der Waals surface area contributed by atoms with E-state index in [1.165, 1.54) is 0 Å². The van der Waals surface area contributed by atoms with Crippen LogP contribution in [0.3, 0.4) is 0 Å². The third-order valence-corrected chi connectivity index (χ3v) is 6.93. The number of hydrogen-bond donors (Lipinski definition) is 1. The molecule has 1 fully saturated rings. The molecule has 0 radical (unpaired) electrons. The summed E-state index contributed by atoms with van der Waals surface area (Å²) in [4.78, 5) is 13.9. The van der Waals surface area contributed by atoms with Gasteiger partial charge in [-0.15, -0.1) is 0 Å². The first kappa shape index (κ1) is 19.9. The van der Waals surface area contributed by atoms with Crippen molar-refractivity contribution in [3.8, 4) is 17.0 Å². The predicted molar refractivity (Wildman–Crippen MR) is 120 cm³/mol. The number of carbonyl (C=O) groups is 1. The fourth-order valence-electron chi connectivity index (χ4n) is 5.34. The molecule has 1 aromatic heterocycles. The monoisotopic (exact) mass is 422 g/mol. The van der Waals surface area contributed by atoms with Gasteiger partial charge in [0.2, 0.25) is 0 Å². The minimum Gasteiger partial charge on any atom is -0.497 e. The lowest BCUT2D eigenvalue weighted by Gasteiger charge is -2.27. The third-order valence-electron chi connectivity index (χ3n) is 6.93. The number of hydrogen-bond acceptors (Lipinski definition) is 3. The van der Waals surface area contributed by atoms with Crippen molar-refractivity contribution in [3.05, 3.63) is 47.5 Å². The Morgan fingerprint density at radius 3 is 2.68 bits per heavy atom. The molecule has 2 atom stereocenters. The molecule has 2 aliphatic rings. The lowest BCUT2D eigenvalue weighted by Crippen LogP contribution is -2.20. The summed E-state index contributed by atoms with van der Waals surface area (Å²) in [6.45, 7) is 1.46. The van der Waals surface area contributed by atoms with Crippen LogP contribution in [-0.4, -0.2) is 42.5 Å². The smallest absolute Gasteiger partial charge is 0.335 e. The van der Waals surface area contributed by atoms with Gasteiger partial charge in [0.25, 0.3) is 0 Å². The Bertz CT molecular complexity index is 1170. The zero-order valence-electron chi connectivity index (χ0n) is 17.9. The Kier molecular flexibility index (Phi) is 4.88. The maximum absolute atomic E-state index is 15.3. The fourth-order valence-corrected chi connectivity index (χ4v) is 5.34. The Balaban J connectivity index is 1.85. The highest BCUT2D eigenvalue weighted by Crippen LogP contribution is 2.48. The topological polar surface area (TPSA) is 54.7 Å². The molecule has 0 saturated heterocycles. The minimum absolute atomic E-state index is 0.179. The van der Waals surface area contributed by atoms with Crippen molar-refractivity contribution in [1.29, 1.82) is 0 Å². The normalized spacial score (nSPS) is 20.8. The van der Waals surface area contributed by atoms with Crippen LogP contribution < -0.4 is 9.64 Å². The molecule has 0 bridgehead atoms. The number of fused-ring (bicyclic) bond motifs is 5. The Morgan fingerprint density at radius 2 is 1.94 bits per heavy atom. The molecule has 1 unspecified atom stereocenters. The van der Waals surface area contributed by atoms with Crippen LogP contribution in [0.15, 0.2) is 36.4 Å². The number of benzene rings is 2. The van der Waals surface area contributed by atoms with Crippen LogP contribution >= 0.6 is 0 Å². The highest BCUT2D eigenvalue weighted by molar-refractivity contribution is 5.99. The molecule has 5 rings (SSSR count). The quantitative estimate of drug-likeness (QED) is 0.609. The Labute approximate surface area is 181 Å². The summed E-state index contributed by atoms with van der Waals surface area (Å²) in [5.74, 6) is -0.344. The maximum atomic E-state index is 15.3. The lowest BCUT2D eigenvalue weighted by molar-refractivity contribution is 0.0697. The maximum Gasteiger partial charge on any atom is 0.335 e. The average Bonchev–Trinajstić information content (AvgIpc) is 3.02. The summed E-state index contributed by atoms with van der Waals surface area (Å²) in [6.07, 6.45) is 2.45. The molecule has 1 aliphatic heterocycles. The molecule has 0 amide bonds. The van der Waals surface area contributed by atoms with E-state index in [0.717, 1.165) is 65.0 Å². The van der Waals surface area contributed by atoms with E-state index in [9.17, 15) is 9.90 Å². The molecule has 2 aromatic carbocycles. The molecule has 31 heavy (non-hydrogen) atoms. The van der Waals surface area contributed by atoms with Crippen molar-refractivity contribution in [2.45, 2.75) is 44.3 Å². The Hall–Kier alpha value is -3.02. The van der Waals surface area contributed by atoms with Crippen LogP contribution in [0.5, 0.6) is 5.75 Å². The van der Waals surface area contributed by atoms with Gasteiger partial charge in [-0.1, -0.05) is 18.9 Å². The van der Waals surface area contributed by atoms with Crippen LogP contribution in [0, 0.1) is 0 Å². The molecule has 3 aromatic rings. The van der Waals surface area contributed by atoms with Crippen LogP contribution in [-0.2, 0) is 6.54 Å². The van der Waals surface area contributed by atoms with Crippen molar-refractivity contribution in [2.75, 3.05) is 25.6 Å². The van der Waals surface area contributed by atoms with Gasteiger partial charge >= 0.3 is 5.97 Å². The number of anilines is 1. The number of rotatable bonds is 3. The van der Waals surface area contributed by atoms with E-state index >= 15 is 4.39 Å². The highest BCUT2D eigenvalue weighted by Gasteiger charge is 2.34.